The minimum atomic E-state index is -0.384. The topological polar surface area (TPSA) is 315 Å². The number of nitrogens with two attached hydrogens (primary N) is 2. The third-order valence-electron chi connectivity index (χ3n) is 22.2. The molecule has 3 saturated heterocycles. The van der Waals surface area contributed by atoms with E-state index in [2.05, 4.69) is 229 Å². The Labute approximate surface area is 804 Å². The fraction of sp³-hybridized carbons (Fsp3) is 0.408. The maximum atomic E-state index is 13.4. The SMILES string of the molecule is C.C.C.C.C.C.C.CCn1cc2cc(Br)cc(C)c2n1.CCn1nc2c(C)cc(Br)cc2c1[N+](=O)[O-].CCn1nc2c(C)cc(N3CCCCC3)cc2c1N.CCn1nc2c(C)cc(N3CCCCC3)cc2c1Nc1nc(-c2ccc(F)cc2)c(C#N)s1.CCn1nc2c(C)cc(N3CCCCC3)cc2c1[N+](=O)[O-].Cc1cc(Br)cc(C)c1N.Cc1cc(Br)cc2cn[nH]c12. The van der Waals surface area contributed by atoms with E-state index in [1.165, 1.54) is 124 Å². The summed E-state index contributed by atoms with van der Waals surface area (Å²) in [5, 5.41) is 71.3. The third-order valence-corrected chi connectivity index (χ3v) is 24.9. The van der Waals surface area contributed by atoms with E-state index in [9.17, 15) is 29.9 Å². The number of nitrogen functional groups attached to an aromatic ring is 2. The molecular formula is C98H133Br4FN22O4S. The average molecular weight is 2050 g/mol. The molecule has 0 radical (unpaired) electrons. The molecule has 0 saturated carbocycles. The van der Waals surface area contributed by atoms with Crippen LogP contribution in [-0.4, -0.2) is 113 Å². The Kier molecular flexibility index (Phi) is 41.7. The Morgan fingerprint density at radius 3 is 1.32 bits per heavy atom. The van der Waals surface area contributed by atoms with Gasteiger partial charge in [-0.25, -0.2) is 18.7 Å². The summed E-state index contributed by atoms with van der Waals surface area (Å²) in [6, 6.07) is 37.2. The Hall–Kier alpha value is -10.9. The summed E-state index contributed by atoms with van der Waals surface area (Å²) >= 11 is 14.9. The zero-order valence-electron chi connectivity index (χ0n) is 71.8. The molecule has 8 aromatic carbocycles. The van der Waals surface area contributed by atoms with E-state index in [4.69, 9.17) is 16.6 Å². The van der Waals surface area contributed by atoms with E-state index in [0.29, 0.717) is 57.2 Å². The van der Waals surface area contributed by atoms with Gasteiger partial charge in [0, 0.05) is 133 Å². The lowest BCUT2D eigenvalue weighted by Gasteiger charge is -2.29. The first kappa shape index (κ1) is 110. The molecule has 32 heteroatoms. The van der Waals surface area contributed by atoms with Gasteiger partial charge in [0.15, 0.2) is 5.13 Å². The summed E-state index contributed by atoms with van der Waals surface area (Å²) in [5.74, 6) is 1.51. The van der Waals surface area contributed by atoms with E-state index in [-0.39, 0.29) is 79.3 Å². The van der Waals surface area contributed by atoms with Gasteiger partial charge in [0.05, 0.1) is 28.3 Å². The van der Waals surface area contributed by atoms with Crippen LogP contribution in [0, 0.1) is 92.8 Å². The van der Waals surface area contributed by atoms with Crippen LogP contribution in [0.15, 0.2) is 139 Å². The number of aromatic amines is 1. The maximum Gasteiger partial charge on any atom is 0.352 e. The van der Waals surface area contributed by atoms with Crippen LogP contribution < -0.4 is 31.5 Å². The summed E-state index contributed by atoms with van der Waals surface area (Å²) in [5.41, 5.74) is 32.4. The van der Waals surface area contributed by atoms with Crippen molar-refractivity contribution in [1.82, 2.24) is 64.1 Å². The van der Waals surface area contributed by atoms with Crippen molar-refractivity contribution < 1.29 is 14.2 Å². The fourth-order valence-corrected chi connectivity index (χ4v) is 19.1. The Morgan fingerprint density at radius 2 is 0.854 bits per heavy atom. The molecule has 7 aromatic heterocycles. The van der Waals surface area contributed by atoms with Gasteiger partial charge in [0.2, 0.25) is 0 Å². The number of aryl methyl sites for hydroxylation is 13. The highest BCUT2D eigenvalue weighted by Gasteiger charge is 2.27. The monoisotopic (exact) mass is 2050 g/mol. The second-order valence-corrected chi connectivity index (χ2v) is 35.7. The molecule has 6 N–H and O–H groups in total. The molecule has 0 unspecified atom stereocenters. The highest BCUT2D eigenvalue weighted by Crippen LogP contribution is 2.40. The molecule has 700 valence electrons. The molecule has 18 rings (SSSR count). The third kappa shape index (κ3) is 25.5. The number of H-pyrrole nitrogens is 1. The summed E-state index contributed by atoms with van der Waals surface area (Å²) in [6.45, 7) is 36.2. The van der Waals surface area contributed by atoms with Gasteiger partial charge in [0.1, 0.15) is 69.0 Å². The standard InChI is InChI=1S/C25H25FN6S.C15H20N4O2.C15H22N4.C10H10BrN3O2.C10H11BrN2.C8H7BrN2.C8H10BrN.7CH4/c1-3-32-24(20-14-19(13-16(2)22(20)30-32)31-11-5-4-6-12-31)29-25-28-23(21(15-27)33-25)17-7-9-18(26)10-8-17;1-3-18-15(19(20)21)13-10-12(9-11(2)14(13)16-18)17-7-5-4-6-8-17;1-3-19-15(16)13-10-12(9-11(2)14(13)17-19)18-7-5-4-6-8-18;1-3-13-10(14(15)16)8-5-7(11)4-6(2)9(8)12-13;1-3-13-6-8-5-9(11)4-7(2)10(8)12-13;1-5-2-7(9)3-6-4-10-11-8(5)6;1-5-3-7(9)4-6(2)8(5)10;;;;;;;/h7-10,13-14H,3-6,11-12H2,1-2H3,(H,28,29);9-10H,3-8H2,1-2H3;9-10H,3-8,16H2,1-2H3;4-5H,3H2,1-2H3;4-6H,3H2,1-2H3;2-4H,1H3,(H,10,11);3-4H,10H2,1-2H3;7*1H4. The lowest BCUT2D eigenvalue weighted by atomic mass is 10.1. The minimum absolute atomic E-state index is 0. The van der Waals surface area contributed by atoms with Crippen LogP contribution in [-0.2, 0) is 32.7 Å². The number of hydrogen-bond acceptors (Lipinski definition) is 19. The van der Waals surface area contributed by atoms with Crippen molar-refractivity contribution in [2.45, 2.75) is 233 Å². The molecule has 10 heterocycles. The van der Waals surface area contributed by atoms with Gasteiger partial charge >= 0.3 is 11.6 Å². The molecule has 0 atom stereocenters. The molecule has 3 aliphatic heterocycles. The van der Waals surface area contributed by atoms with Gasteiger partial charge in [0.25, 0.3) is 0 Å². The molecule has 0 amide bonds. The van der Waals surface area contributed by atoms with Crippen LogP contribution in [0.3, 0.4) is 0 Å². The van der Waals surface area contributed by atoms with Crippen LogP contribution >= 0.6 is 75.1 Å². The second-order valence-electron chi connectivity index (χ2n) is 31.0. The largest absolute Gasteiger partial charge is 0.398 e. The predicted octanol–water partition coefficient (Wildman–Crippen LogP) is 28.3. The first-order valence-electron chi connectivity index (χ1n) is 41.7. The van der Waals surface area contributed by atoms with Crippen molar-refractivity contribution in [2.75, 3.05) is 70.8 Å². The van der Waals surface area contributed by atoms with Crippen molar-refractivity contribution in [3.05, 3.63) is 215 Å². The van der Waals surface area contributed by atoms with E-state index < -0.39 is 0 Å². The van der Waals surface area contributed by atoms with E-state index >= 15 is 0 Å². The lowest BCUT2D eigenvalue weighted by Crippen LogP contribution is -2.29. The van der Waals surface area contributed by atoms with Crippen LogP contribution in [0.2, 0.25) is 0 Å². The van der Waals surface area contributed by atoms with E-state index in [1.807, 2.05) is 92.1 Å². The first-order valence-corrected chi connectivity index (χ1v) is 45.7. The van der Waals surface area contributed by atoms with Gasteiger partial charge in [-0.15, -0.1) is 9.36 Å². The highest BCUT2D eigenvalue weighted by molar-refractivity contribution is 9.11. The Balaban J connectivity index is 0.000000276. The molecule has 3 aliphatic rings. The number of rotatable bonds is 13. The van der Waals surface area contributed by atoms with Crippen molar-refractivity contribution in [3.63, 3.8) is 0 Å². The zero-order chi connectivity index (χ0) is 88.2. The fourth-order valence-electron chi connectivity index (χ4n) is 15.9. The van der Waals surface area contributed by atoms with Crippen LogP contribution in [0.4, 0.5) is 55.5 Å². The maximum absolute atomic E-state index is 13.4. The number of fused-ring (bicyclic) bond motifs is 6. The molecule has 0 bridgehead atoms. The number of halogens is 5. The van der Waals surface area contributed by atoms with Crippen LogP contribution in [0.1, 0.15) is 194 Å². The second kappa shape index (κ2) is 49.4. The average Bonchev–Trinajstić information content (AvgIpc) is 1.61. The number of thiazole rings is 1. The molecular weight excluding hydrogens is 1920 g/mol. The minimum Gasteiger partial charge on any atom is -0.398 e. The zero-order valence-corrected chi connectivity index (χ0v) is 79.0. The van der Waals surface area contributed by atoms with Crippen LogP contribution in [0.5, 0.6) is 0 Å². The number of hydrogen-bond donors (Lipinski definition) is 4. The van der Waals surface area contributed by atoms with Gasteiger partial charge in [-0.05, 0) is 311 Å². The Morgan fingerprint density at radius 1 is 0.469 bits per heavy atom. The van der Waals surface area contributed by atoms with Crippen molar-refractivity contribution in [1.29, 1.82) is 5.26 Å². The predicted molar refractivity (Wildman–Crippen MR) is 561 cm³/mol. The lowest BCUT2D eigenvalue weighted by molar-refractivity contribution is -0.391. The number of anilines is 7. The van der Waals surface area contributed by atoms with Gasteiger partial charge < -0.3 is 51.7 Å². The van der Waals surface area contributed by atoms with Gasteiger partial charge in [-0.2, -0.15) is 25.7 Å². The molecule has 0 spiro atoms. The number of aromatic nitrogens is 13. The summed E-state index contributed by atoms with van der Waals surface area (Å²) in [7, 11) is 0. The molecule has 0 aliphatic carbocycles. The number of piperidine rings is 3. The normalized spacial score (nSPS) is 12.5. The highest BCUT2D eigenvalue weighted by atomic mass is 79.9. The van der Waals surface area contributed by atoms with Gasteiger partial charge in [-0.1, -0.05) is 137 Å². The van der Waals surface area contributed by atoms with E-state index in [0.717, 1.165) is 165 Å². The Bertz CT molecular complexity index is 6340. The summed E-state index contributed by atoms with van der Waals surface area (Å²) < 4.78 is 26.2. The number of nitro groups is 2. The van der Waals surface area contributed by atoms with E-state index in [1.54, 1.807) is 18.2 Å². The molecule has 26 nitrogen and oxygen atoms in total. The van der Waals surface area contributed by atoms with Crippen molar-refractivity contribution in [2.24, 2.45) is 0 Å². The molecule has 130 heavy (non-hydrogen) atoms. The number of nitriles is 1. The molecule has 3 fully saturated rings. The number of nitrogens with one attached hydrogen (secondary N) is 2. The van der Waals surface area contributed by atoms with Gasteiger partial charge in [-0.3, -0.25) is 9.78 Å². The summed E-state index contributed by atoms with van der Waals surface area (Å²) in [4.78, 5) is 34.1. The van der Waals surface area contributed by atoms with Crippen molar-refractivity contribution >= 4 is 192 Å². The number of nitrogens with zero attached hydrogens (tertiary/aromatic N) is 18. The number of benzene rings is 8. The molecule has 15 aromatic rings. The first-order chi connectivity index (χ1) is 59.0. The van der Waals surface area contributed by atoms with Crippen molar-refractivity contribution in [3.8, 4) is 17.3 Å². The van der Waals surface area contributed by atoms with Crippen LogP contribution in [0.25, 0.3) is 76.7 Å². The smallest absolute Gasteiger partial charge is 0.352 e. The quantitative estimate of drug-likeness (QED) is 0.0473. The summed E-state index contributed by atoms with van der Waals surface area (Å²) in [6.07, 6.45) is 15.2.